The molecule has 6 aliphatic rings. The highest BCUT2D eigenvalue weighted by Crippen LogP contribution is 2.55. The summed E-state index contributed by atoms with van der Waals surface area (Å²) < 4.78 is 93.6. The number of aromatic amines is 1. The van der Waals surface area contributed by atoms with Crippen molar-refractivity contribution in [2.45, 2.75) is 284 Å². The molecule has 4 heterocycles. The second-order valence-electron chi connectivity index (χ2n) is 39.4. The molecule has 3 aliphatic heterocycles. The molecule has 0 radical (unpaired) electrons. The molecule has 3 unspecified atom stereocenters. The van der Waals surface area contributed by atoms with Gasteiger partial charge in [-0.3, -0.25) is 53.3 Å². The topological polar surface area (TPSA) is 324 Å². The molecule has 6 amide bonds. The zero-order valence-electron chi connectivity index (χ0n) is 76.2. The number of alkyl halides is 6. The lowest BCUT2D eigenvalue weighted by atomic mass is 9.69. The number of aliphatic carboxylic acids is 2. The van der Waals surface area contributed by atoms with E-state index in [2.05, 4.69) is 106 Å². The first-order chi connectivity index (χ1) is 62.0. The fraction of sp³-hybridized carbons (Fsp3) is 0.520. The molecule has 3 saturated carbocycles. The Morgan fingerprint density at radius 3 is 1.22 bits per heavy atom. The Labute approximate surface area is 765 Å². The van der Waals surface area contributed by atoms with Gasteiger partial charge in [0.25, 0.3) is 35.4 Å². The van der Waals surface area contributed by atoms with E-state index in [-0.39, 0.29) is 131 Å². The number of aryl methyl sites for hydroxylation is 2. The van der Waals surface area contributed by atoms with Crippen molar-refractivity contribution in [3.63, 3.8) is 0 Å². The minimum Gasteiger partial charge on any atom is -0.481 e. The summed E-state index contributed by atoms with van der Waals surface area (Å²) >= 11 is 7.37. The Morgan fingerprint density at radius 1 is 0.489 bits per heavy atom. The maximum absolute atomic E-state index is 16.2. The molecule has 1 aromatic heterocycles. The van der Waals surface area contributed by atoms with Crippen LogP contribution in [0.5, 0.6) is 5.75 Å². The van der Waals surface area contributed by atoms with Gasteiger partial charge < -0.3 is 45.6 Å². The van der Waals surface area contributed by atoms with Crippen LogP contribution in [0.2, 0.25) is 5.02 Å². The molecule has 31 heteroatoms. The summed E-state index contributed by atoms with van der Waals surface area (Å²) in [6, 6.07) is 33.0. The van der Waals surface area contributed by atoms with E-state index >= 15 is 27.6 Å². The van der Waals surface area contributed by atoms with Gasteiger partial charge in [0.2, 0.25) is 0 Å². The van der Waals surface area contributed by atoms with Crippen molar-refractivity contribution in [1.82, 2.24) is 51.3 Å². The van der Waals surface area contributed by atoms with E-state index in [9.17, 15) is 47.4 Å². The van der Waals surface area contributed by atoms with Crippen LogP contribution < -0.4 is 20.7 Å². The van der Waals surface area contributed by atoms with Crippen LogP contribution in [0.25, 0.3) is 0 Å². The Balaban J connectivity index is 0.783. The van der Waals surface area contributed by atoms with Crippen molar-refractivity contribution in [3.8, 4) is 5.75 Å². The van der Waals surface area contributed by atoms with E-state index in [1.807, 2.05) is 29.2 Å². The number of carboxylic acids is 2. The van der Waals surface area contributed by atoms with Gasteiger partial charge in [-0.15, -0.1) is 18.3 Å². The summed E-state index contributed by atoms with van der Waals surface area (Å²) in [5, 5.41) is 40.6. The number of amides is 6. The molecule has 0 saturated heterocycles. The number of nitrogens with zero attached hydrogens (tertiary/aromatic N) is 9. The molecule has 3 aliphatic carbocycles. The Bertz CT molecular complexity index is 5400. The molecule has 131 heavy (non-hydrogen) atoms. The zero-order chi connectivity index (χ0) is 94.3. The molecule has 6 aromatic carbocycles. The number of carbonyl (C=O) groups is 8. The number of aliphatic imine (C=N–C) groups is 3. The average molecular weight is 1830 g/mol. The summed E-state index contributed by atoms with van der Waals surface area (Å²) in [6.45, 7) is 21.5. The number of unbranched alkanes of at least 4 members (excludes halogenated alkanes) is 3. The van der Waals surface area contributed by atoms with Crippen molar-refractivity contribution < 1.29 is 79.6 Å². The normalized spacial score (nSPS) is 21.6. The lowest BCUT2D eigenvalue weighted by Crippen LogP contribution is -2.51. The standard InChI is InChI=1S/C100H120ClF6N13O11/c1-11-12-22-77(62-26-33-66(34-27-62)87(125)108-55-47-82(121)122)118-91(129)85(112-97(118)51-43-73(44-52-97)94(5,6)7)70-39-25-61(76(101)58-70)18-13-15-23-78(63-28-35-67(36-29-63)88(126)109-56-48-83(123)124)120-92(130)86(113-98(120)53-45-74(46-54-98)95(8,9)10)71-40-32-65(80(59-71)131-100(105,106)107)19-14-16-24-79(64-30-37-68(38-31-64)89(127)110-60-81-114-116-117-115-81)119-90(128)84(69-20-17-21-75(57-69)99(102,103)104)111-96(119)49-41-72(42-50-96)93(2,3)4/h17,20-21,25-40,57-59,72-74,77-79H,11-16,18-19,22-24,41-56,60H2,1-10H3,(H,108,125)(H,109,126)(H,110,127)(H,121,122)(H,123,124)(H,114,115,116,117). The third-order valence-corrected chi connectivity index (χ3v) is 28.2. The number of hydrogen-bond acceptors (Lipinski definition) is 15. The molecule has 13 rings (SSSR count). The minimum absolute atomic E-state index is 0.00230. The van der Waals surface area contributed by atoms with Crippen LogP contribution in [0.15, 0.2) is 148 Å². The predicted octanol–water partition coefficient (Wildman–Crippen LogP) is 20.0. The van der Waals surface area contributed by atoms with E-state index in [4.69, 9.17) is 31.3 Å². The summed E-state index contributed by atoms with van der Waals surface area (Å²) in [5.41, 5.74) is 0.0688. The van der Waals surface area contributed by atoms with Gasteiger partial charge in [-0.1, -0.05) is 179 Å². The largest absolute Gasteiger partial charge is 0.573 e. The van der Waals surface area contributed by atoms with E-state index in [0.29, 0.717) is 141 Å². The number of ether oxygens (including phenoxy) is 1. The smallest absolute Gasteiger partial charge is 0.481 e. The van der Waals surface area contributed by atoms with Crippen LogP contribution in [-0.2, 0) is 49.5 Å². The highest BCUT2D eigenvalue weighted by molar-refractivity contribution is 6.48. The molecule has 24 nitrogen and oxygen atoms in total. The first-order valence-electron chi connectivity index (χ1n) is 45.9. The average Bonchev–Trinajstić information content (AvgIpc) is 1.59. The van der Waals surface area contributed by atoms with Crippen LogP contribution in [0.4, 0.5) is 26.3 Å². The first kappa shape index (κ1) is 97.4. The van der Waals surface area contributed by atoms with E-state index in [1.54, 1.807) is 82.6 Å². The summed E-state index contributed by atoms with van der Waals surface area (Å²) in [7, 11) is 0. The van der Waals surface area contributed by atoms with Crippen LogP contribution in [0, 0.1) is 34.0 Å². The highest BCUT2D eigenvalue weighted by atomic mass is 35.5. The Morgan fingerprint density at radius 2 is 0.863 bits per heavy atom. The fourth-order valence-corrected chi connectivity index (χ4v) is 20.6. The van der Waals surface area contributed by atoms with Crippen LogP contribution in [0.1, 0.15) is 322 Å². The maximum Gasteiger partial charge on any atom is 0.573 e. The summed E-state index contributed by atoms with van der Waals surface area (Å²) in [4.78, 5) is 132. The van der Waals surface area contributed by atoms with Gasteiger partial charge in [0.1, 0.15) is 39.9 Å². The van der Waals surface area contributed by atoms with Crippen molar-refractivity contribution in [3.05, 3.63) is 211 Å². The third-order valence-electron chi connectivity index (χ3n) is 27.8. The van der Waals surface area contributed by atoms with Gasteiger partial charge in [0.15, 0.2) is 5.82 Å². The maximum atomic E-state index is 16.2. The van der Waals surface area contributed by atoms with Crippen molar-refractivity contribution in [2.24, 2.45) is 49.0 Å². The van der Waals surface area contributed by atoms with Gasteiger partial charge in [0.05, 0.1) is 43.1 Å². The second kappa shape index (κ2) is 40.1. The van der Waals surface area contributed by atoms with Crippen molar-refractivity contribution >= 4 is 76.1 Å². The molecular weight excluding hydrogens is 1710 g/mol. The number of H-pyrrole nitrogens is 1. The van der Waals surface area contributed by atoms with Gasteiger partial charge in [-0.05, 0) is 255 Å². The number of tetrazole rings is 1. The van der Waals surface area contributed by atoms with Gasteiger partial charge >= 0.3 is 24.5 Å². The molecule has 6 N–H and O–H groups in total. The number of nitrogens with one attached hydrogen (secondary N) is 4. The SMILES string of the molecule is CCCCC(c1ccc(C(=O)NCCC(=O)O)cc1)N1C(=O)C(c2ccc(CCCCC(c3ccc(C(=O)NCCC(=O)O)cc3)N3C(=O)C(c4ccc(CCCCC(c5ccc(C(=O)NCc6nnn[nH]6)cc5)N5C(=O)C(c6cccc(C(F)(F)F)c6)=NC56CCC(C(C)(C)C)CC6)c(OC(F)(F)F)c4)=NC34CCC(C(C)(C)C)CC4)c(Cl)c2)=NC12CCC(C(C)(C)C)CC2. The predicted molar refractivity (Wildman–Crippen MR) is 485 cm³/mol. The number of aromatic nitrogens is 4. The monoisotopic (exact) mass is 1830 g/mol. The molecule has 0 bridgehead atoms. The number of benzene rings is 6. The molecular formula is C100H120ClF6N13O11. The van der Waals surface area contributed by atoms with Gasteiger partial charge in [0, 0.05) is 51.5 Å². The highest BCUT2D eigenvalue weighted by Gasteiger charge is 2.57. The molecule has 3 fully saturated rings. The molecule has 700 valence electrons. The molecule has 3 spiro atoms. The number of hydrogen-bond donors (Lipinski definition) is 6. The van der Waals surface area contributed by atoms with Crippen molar-refractivity contribution in [2.75, 3.05) is 13.1 Å². The zero-order valence-corrected chi connectivity index (χ0v) is 77.0. The van der Waals surface area contributed by atoms with Crippen LogP contribution in [0.3, 0.4) is 0 Å². The van der Waals surface area contributed by atoms with E-state index < -0.39 is 100 Å². The quantitative estimate of drug-likeness (QED) is 0.0161. The Kier molecular flexibility index (Phi) is 29.8. The van der Waals surface area contributed by atoms with Crippen LogP contribution in [-0.4, -0.2) is 146 Å². The number of carboxylic acid groups (broad SMARTS) is 2. The number of halogens is 7. The number of carbonyl (C=O) groups excluding carboxylic acids is 6. The van der Waals surface area contributed by atoms with Gasteiger partial charge in [-0.25, -0.2) is 5.10 Å². The fourth-order valence-electron chi connectivity index (χ4n) is 20.4. The lowest BCUT2D eigenvalue weighted by molar-refractivity contribution is -0.275. The first-order valence-corrected chi connectivity index (χ1v) is 46.3. The van der Waals surface area contributed by atoms with Crippen LogP contribution >= 0.6 is 11.6 Å². The number of rotatable bonds is 34. The lowest BCUT2D eigenvalue weighted by Gasteiger charge is -2.47. The second-order valence-corrected chi connectivity index (χ2v) is 39.8. The third kappa shape index (κ3) is 22.8. The minimum atomic E-state index is -5.22. The molecule has 3 atom stereocenters. The van der Waals surface area contributed by atoms with E-state index in [0.717, 1.165) is 48.9 Å². The van der Waals surface area contributed by atoms with Gasteiger partial charge in [-0.2, -0.15) is 13.2 Å². The van der Waals surface area contributed by atoms with Crippen molar-refractivity contribution in [1.29, 1.82) is 0 Å². The summed E-state index contributed by atoms with van der Waals surface area (Å²) in [6.07, 6.45) is 1.37. The molecule has 7 aromatic rings. The Hall–Kier alpha value is -11.2. The van der Waals surface area contributed by atoms with E-state index in [1.165, 1.54) is 24.3 Å². The summed E-state index contributed by atoms with van der Waals surface area (Å²) in [5.74, 6) is -4.32.